The molecule has 0 saturated heterocycles. The van der Waals surface area contributed by atoms with Crippen molar-refractivity contribution in [2.24, 2.45) is 4.99 Å². The van der Waals surface area contributed by atoms with Crippen molar-refractivity contribution in [2.45, 2.75) is 39.8 Å². The molecule has 0 N–H and O–H groups in total. The fraction of sp³-hybridized carbons (Fsp3) is 0.229. The smallest absolute Gasteiger partial charge is 0.338 e. The van der Waals surface area contributed by atoms with Gasteiger partial charge in [-0.1, -0.05) is 47.2 Å². The quantitative estimate of drug-likeness (QED) is 0.0941. The Labute approximate surface area is 269 Å². The number of carbonyl (C=O) groups is 1. The van der Waals surface area contributed by atoms with E-state index in [-0.39, 0.29) is 24.5 Å². The van der Waals surface area contributed by atoms with E-state index >= 15 is 0 Å². The van der Waals surface area contributed by atoms with Crippen molar-refractivity contribution in [1.29, 1.82) is 0 Å². The Hall–Kier alpha value is -5.29. The van der Waals surface area contributed by atoms with Gasteiger partial charge in [0.05, 0.1) is 40.5 Å². The molecule has 1 atom stereocenters. The predicted octanol–water partition coefficient (Wildman–Crippen LogP) is 5.33. The van der Waals surface area contributed by atoms with E-state index in [9.17, 15) is 19.7 Å². The summed E-state index contributed by atoms with van der Waals surface area (Å²) in [7, 11) is 1.53. The maximum atomic E-state index is 14.1. The van der Waals surface area contributed by atoms with Crippen LogP contribution in [0.25, 0.3) is 6.08 Å². The van der Waals surface area contributed by atoms with E-state index in [0.717, 1.165) is 22.3 Å². The molecule has 0 saturated carbocycles. The first-order chi connectivity index (χ1) is 22.1. The number of rotatable bonds is 11. The molecule has 0 aliphatic carbocycles. The van der Waals surface area contributed by atoms with E-state index in [0.29, 0.717) is 44.1 Å². The highest BCUT2D eigenvalue weighted by molar-refractivity contribution is 7.07. The van der Waals surface area contributed by atoms with Crippen LogP contribution in [0.2, 0.25) is 0 Å². The van der Waals surface area contributed by atoms with E-state index in [1.807, 2.05) is 37.3 Å². The van der Waals surface area contributed by atoms with Crippen LogP contribution in [0, 0.1) is 17.0 Å². The molecule has 0 radical (unpaired) electrons. The summed E-state index contributed by atoms with van der Waals surface area (Å²) in [5.41, 5.74) is 4.62. The molecule has 46 heavy (non-hydrogen) atoms. The Bertz CT molecular complexity index is 2020. The lowest BCUT2D eigenvalue weighted by atomic mass is 9.95. The molecule has 0 bridgehead atoms. The molecule has 0 amide bonds. The second-order valence-electron chi connectivity index (χ2n) is 10.6. The van der Waals surface area contributed by atoms with Crippen LogP contribution in [0.1, 0.15) is 47.7 Å². The Morgan fingerprint density at radius 3 is 2.48 bits per heavy atom. The lowest BCUT2D eigenvalue weighted by Gasteiger charge is -2.24. The van der Waals surface area contributed by atoms with Gasteiger partial charge in [0.1, 0.15) is 6.61 Å². The highest BCUT2D eigenvalue weighted by Gasteiger charge is 2.33. The van der Waals surface area contributed by atoms with Gasteiger partial charge in [0.25, 0.3) is 11.2 Å². The number of esters is 1. The Kier molecular flexibility index (Phi) is 9.62. The number of aromatic nitrogens is 1. The normalized spacial score (nSPS) is 14.3. The van der Waals surface area contributed by atoms with E-state index in [2.05, 4.69) is 11.6 Å². The molecule has 3 aromatic carbocycles. The zero-order valence-electron chi connectivity index (χ0n) is 25.9. The first-order valence-corrected chi connectivity index (χ1v) is 15.4. The van der Waals surface area contributed by atoms with Crippen molar-refractivity contribution in [3.05, 3.63) is 142 Å². The topological polar surface area (TPSA) is 122 Å². The molecule has 1 aliphatic rings. The van der Waals surface area contributed by atoms with Gasteiger partial charge in [-0.05, 0) is 74.2 Å². The number of nitro groups is 1. The van der Waals surface area contributed by atoms with Crippen LogP contribution in [-0.4, -0.2) is 29.2 Å². The number of non-ortho nitro benzene ring substituents is 1. The first-order valence-electron chi connectivity index (χ1n) is 14.6. The maximum Gasteiger partial charge on any atom is 0.338 e. The van der Waals surface area contributed by atoms with Gasteiger partial charge in [0.2, 0.25) is 0 Å². The van der Waals surface area contributed by atoms with E-state index in [4.69, 9.17) is 14.2 Å². The number of nitrogens with zero attached hydrogens (tertiary/aromatic N) is 3. The average molecular weight is 640 g/mol. The number of hydrogen-bond donors (Lipinski definition) is 0. The Balaban J connectivity index is 1.57. The highest BCUT2D eigenvalue weighted by atomic mass is 32.1. The number of thiazole rings is 1. The number of hydrogen-bond acceptors (Lipinski definition) is 9. The van der Waals surface area contributed by atoms with Crippen molar-refractivity contribution in [3.63, 3.8) is 0 Å². The predicted molar refractivity (Wildman–Crippen MR) is 176 cm³/mol. The SMILES string of the molecule is C=CCc1cc(/C=c2/sc3n(c2=O)[C@@H](c2ccc(C)cc2)C(C(=O)OCC)=C(C)N=3)cc(OC)c1OCc1ccc([N+](=O)[O-])cc1. The van der Waals surface area contributed by atoms with Gasteiger partial charge in [-0.15, -0.1) is 6.58 Å². The largest absolute Gasteiger partial charge is 0.493 e. The molecule has 0 fully saturated rings. The monoisotopic (exact) mass is 639 g/mol. The lowest BCUT2D eigenvalue weighted by Crippen LogP contribution is -2.39. The first kappa shape index (κ1) is 32.1. The lowest BCUT2D eigenvalue weighted by molar-refractivity contribution is -0.384. The van der Waals surface area contributed by atoms with Crippen molar-refractivity contribution in [1.82, 2.24) is 4.57 Å². The molecular weight excluding hydrogens is 606 g/mol. The summed E-state index contributed by atoms with van der Waals surface area (Å²) in [4.78, 5) is 42.9. The van der Waals surface area contributed by atoms with Gasteiger partial charge in [-0.25, -0.2) is 9.79 Å². The summed E-state index contributed by atoms with van der Waals surface area (Å²) in [5, 5.41) is 11.0. The van der Waals surface area contributed by atoms with Crippen molar-refractivity contribution >= 4 is 29.1 Å². The van der Waals surface area contributed by atoms with Gasteiger partial charge in [0, 0.05) is 17.7 Å². The summed E-state index contributed by atoms with van der Waals surface area (Å²) in [6.07, 6.45) is 3.98. The van der Waals surface area contributed by atoms with Crippen molar-refractivity contribution in [3.8, 4) is 11.5 Å². The number of aryl methyl sites for hydroxylation is 1. The molecule has 5 rings (SSSR count). The van der Waals surface area contributed by atoms with E-state index in [1.165, 1.54) is 30.6 Å². The van der Waals surface area contributed by atoms with Gasteiger partial charge in [0.15, 0.2) is 16.3 Å². The fourth-order valence-corrected chi connectivity index (χ4v) is 6.31. The average Bonchev–Trinajstić information content (AvgIpc) is 3.34. The van der Waals surface area contributed by atoms with Crippen LogP contribution < -0.4 is 24.4 Å². The minimum absolute atomic E-state index is 0.000716. The second kappa shape index (κ2) is 13.8. The van der Waals surface area contributed by atoms with Crippen LogP contribution in [0.3, 0.4) is 0 Å². The third kappa shape index (κ3) is 6.54. The van der Waals surface area contributed by atoms with Gasteiger partial charge in [-0.3, -0.25) is 19.5 Å². The summed E-state index contributed by atoms with van der Waals surface area (Å²) < 4.78 is 19.2. The molecule has 11 heteroatoms. The van der Waals surface area contributed by atoms with Gasteiger partial charge in [-0.2, -0.15) is 0 Å². The zero-order chi connectivity index (χ0) is 33.0. The van der Waals surface area contributed by atoms with Crippen LogP contribution in [-0.2, 0) is 22.6 Å². The molecule has 2 heterocycles. The number of allylic oxidation sites excluding steroid dienone is 2. The standard InChI is InChI=1S/C35H33N3O7S/c1-6-8-26-17-24(18-28(43-5)32(26)45-20-23-11-15-27(16-12-23)38(41)42)19-29-33(39)37-31(25-13-9-21(3)10-14-25)30(34(40)44-7-2)22(4)36-35(37)46-29/h6,9-19,31H,1,7-8,20H2,2-5H3/b29-19+/t31-/m0/s1. The molecule has 1 aliphatic heterocycles. The molecule has 0 spiro atoms. The highest BCUT2D eigenvalue weighted by Crippen LogP contribution is 2.35. The van der Waals surface area contributed by atoms with Crippen molar-refractivity contribution < 1.29 is 23.9 Å². The number of methoxy groups -OCH3 is 1. The van der Waals surface area contributed by atoms with Crippen LogP contribution in [0.15, 0.2) is 94.4 Å². The minimum Gasteiger partial charge on any atom is -0.493 e. The number of benzene rings is 3. The van der Waals surface area contributed by atoms with Gasteiger partial charge < -0.3 is 14.2 Å². The van der Waals surface area contributed by atoms with Crippen LogP contribution in [0.5, 0.6) is 11.5 Å². The summed E-state index contributed by atoms with van der Waals surface area (Å²) >= 11 is 1.24. The number of fused-ring (bicyclic) bond motifs is 1. The zero-order valence-corrected chi connectivity index (χ0v) is 26.8. The van der Waals surface area contributed by atoms with Gasteiger partial charge >= 0.3 is 5.97 Å². The fourth-order valence-electron chi connectivity index (χ4n) is 5.27. The minimum atomic E-state index is -0.695. The summed E-state index contributed by atoms with van der Waals surface area (Å²) in [6.45, 7) is 9.71. The Morgan fingerprint density at radius 2 is 1.85 bits per heavy atom. The second-order valence-corrected chi connectivity index (χ2v) is 11.6. The third-order valence-electron chi connectivity index (χ3n) is 7.48. The molecule has 4 aromatic rings. The van der Waals surface area contributed by atoms with Crippen LogP contribution >= 0.6 is 11.3 Å². The molecular formula is C35H33N3O7S. The maximum absolute atomic E-state index is 14.1. The molecule has 236 valence electrons. The third-order valence-corrected chi connectivity index (χ3v) is 8.46. The van der Waals surface area contributed by atoms with E-state index < -0.39 is 16.9 Å². The molecule has 1 aromatic heterocycles. The van der Waals surface area contributed by atoms with E-state index in [1.54, 1.807) is 48.8 Å². The Morgan fingerprint density at radius 1 is 1.13 bits per heavy atom. The van der Waals surface area contributed by atoms with Crippen molar-refractivity contribution in [2.75, 3.05) is 13.7 Å². The van der Waals surface area contributed by atoms with Crippen LogP contribution in [0.4, 0.5) is 5.69 Å². The summed E-state index contributed by atoms with van der Waals surface area (Å²) in [6, 6.07) is 16.9. The number of ether oxygens (including phenoxy) is 3. The number of nitro benzene ring substituents is 1. The summed E-state index contributed by atoms with van der Waals surface area (Å²) in [5.74, 6) is 0.457. The molecule has 10 nitrogen and oxygen atoms in total. The molecule has 0 unspecified atom stereocenters. The number of carbonyl (C=O) groups excluding carboxylic acids is 1.